The summed E-state index contributed by atoms with van der Waals surface area (Å²) in [4.78, 5) is 0. The van der Waals surface area contributed by atoms with E-state index in [4.69, 9.17) is 0 Å². The van der Waals surface area contributed by atoms with E-state index in [0.29, 0.717) is 5.41 Å². The molecule has 0 radical (unpaired) electrons. The van der Waals surface area contributed by atoms with Gasteiger partial charge in [0.15, 0.2) is 0 Å². The van der Waals surface area contributed by atoms with Gasteiger partial charge in [-0.3, -0.25) is 0 Å². The molecule has 1 fully saturated rings. The SMILES string of the molecule is CCCNCC(C)(CC(C)CCC)C1CC1. The molecule has 1 aliphatic rings. The Morgan fingerprint density at radius 1 is 1.25 bits per heavy atom. The van der Waals surface area contributed by atoms with Crippen LogP contribution in [0.15, 0.2) is 0 Å². The highest BCUT2D eigenvalue weighted by atomic mass is 14.9. The standard InChI is InChI=1S/C15H31N/c1-5-7-13(3)11-15(4,14-8-9-14)12-16-10-6-2/h13-14,16H,5-12H2,1-4H3. The molecule has 0 aliphatic heterocycles. The van der Waals surface area contributed by atoms with E-state index in [9.17, 15) is 0 Å². The van der Waals surface area contributed by atoms with Crippen molar-refractivity contribution in [2.45, 2.75) is 66.2 Å². The van der Waals surface area contributed by atoms with Gasteiger partial charge in [-0.1, -0.05) is 40.5 Å². The molecule has 1 saturated carbocycles. The van der Waals surface area contributed by atoms with Crippen LogP contribution in [0, 0.1) is 17.3 Å². The van der Waals surface area contributed by atoms with Crippen molar-refractivity contribution in [2.75, 3.05) is 13.1 Å². The normalized spacial score (nSPS) is 21.8. The molecular formula is C15H31N. The van der Waals surface area contributed by atoms with Crippen LogP contribution in [-0.4, -0.2) is 13.1 Å². The van der Waals surface area contributed by atoms with E-state index in [1.165, 1.54) is 51.6 Å². The first-order chi connectivity index (χ1) is 7.62. The molecule has 96 valence electrons. The predicted octanol–water partition coefficient (Wildman–Crippen LogP) is 4.23. The molecule has 0 aromatic carbocycles. The molecule has 1 N–H and O–H groups in total. The van der Waals surface area contributed by atoms with E-state index in [1.54, 1.807) is 0 Å². The van der Waals surface area contributed by atoms with Crippen molar-refractivity contribution in [1.82, 2.24) is 5.32 Å². The second-order valence-electron chi connectivity index (χ2n) is 6.20. The summed E-state index contributed by atoms with van der Waals surface area (Å²) >= 11 is 0. The Kier molecular flexibility index (Phi) is 5.82. The summed E-state index contributed by atoms with van der Waals surface area (Å²) in [5, 5.41) is 3.64. The molecule has 0 spiro atoms. The lowest BCUT2D eigenvalue weighted by Crippen LogP contribution is -2.35. The van der Waals surface area contributed by atoms with Crippen molar-refractivity contribution in [3.05, 3.63) is 0 Å². The lowest BCUT2D eigenvalue weighted by atomic mass is 9.76. The third-order valence-corrected chi connectivity index (χ3v) is 4.11. The molecule has 0 aromatic heterocycles. The fourth-order valence-corrected chi connectivity index (χ4v) is 3.11. The Labute approximate surface area is 102 Å². The van der Waals surface area contributed by atoms with Crippen LogP contribution >= 0.6 is 0 Å². The fraction of sp³-hybridized carbons (Fsp3) is 1.00. The first-order valence-electron chi connectivity index (χ1n) is 7.33. The molecule has 2 atom stereocenters. The maximum absolute atomic E-state index is 3.64. The zero-order chi connectivity index (χ0) is 12.0. The van der Waals surface area contributed by atoms with Gasteiger partial charge in [0.2, 0.25) is 0 Å². The lowest BCUT2D eigenvalue weighted by Gasteiger charge is -2.33. The number of nitrogens with one attached hydrogen (secondary N) is 1. The van der Waals surface area contributed by atoms with Crippen LogP contribution in [0.5, 0.6) is 0 Å². The molecular weight excluding hydrogens is 194 g/mol. The van der Waals surface area contributed by atoms with Crippen molar-refractivity contribution in [2.24, 2.45) is 17.3 Å². The average molecular weight is 225 g/mol. The summed E-state index contributed by atoms with van der Waals surface area (Å²) in [6, 6.07) is 0. The molecule has 0 aromatic rings. The van der Waals surface area contributed by atoms with Gasteiger partial charge in [-0.05, 0) is 49.5 Å². The largest absolute Gasteiger partial charge is 0.316 e. The van der Waals surface area contributed by atoms with Crippen molar-refractivity contribution in [3.63, 3.8) is 0 Å². The minimum Gasteiger partial charge on any atom is -0.316 e. The number of hydrogen-bond donors (Lipinski definition) is 1. The van der Waals surface area contributed by atoms with Crippen molar-refractivity contribution in [1.29, 1.82) is 0 Å². The fourth-order valence-electron chi connectivity index (χ4n) is 3.11. The van der Waals surface area contributed by atoms with Gasteiger partial charge in [0.1, 0.15) is 0 Å². The van der Waals surface area contributed by atoms with Gasteiger partial charge < -0.3 is 5.32 Å². The van der Waals surface area contributed by atoms with Gasteiger partial charge in [0.05, 0.1) is 0 Å². The maximum atomic E-state index is 3.64. The lowest BCUT2D eigenvalue weighted by molar-refractivity contribution is 0.195. The van der Waals surface area contributed by atoms with Gasteiger partial charge in [-0.25, -0.2) is 0 Å². The zero-order valence-corrected chi connectivity index (χ0v) is 11.8. The predicted molar refractivity (Wildman–Crippen MR) is 72.7 cm³/mol. The van der Waals surface area contributed by atoms with E-state index >= 15 is 0 Å². The first kappa shape index (κ1) is 14.0. The van der Waals surface area contributed by atoms with Crippen LogP contribution in [-0.2, 0) is 0 Å². The van der Waals surface area contributed by atoms with Gasteiger partial charge in [0, 0.05) is 6.54 Å². The van der Waals surface area contributed by atoms with E-state index in [0.717, 1.165) is 11.8 Å². The third kappa shape index (κ3) is 4.45. The topological polar surface area (TPSA) is 12.0 Å². The quantitative estimate of drug-likeness (QED) is 0.579. The van der Waals surface area contributed by atoms with Gasteiger partial charge in [-0.15, -0.1) is 0 Å². The van der Waals surface area contributed by atoms with Gasteiger partial charge in [-0.2, -0.15) is 0 Å². The van der Waals surface area contributed by atoms with E-state index < -0.39 is 0 Å². The van der Waals surface area contributed by atoms with Crippen LogP contribution in [0.1, 0.15) is 66.2 Å². The maximum Gasteiger partial charge on any atom is 0.000791 e. The summed E-state index contributed by atoms with van der Waals surface area (Å²) in [6.07, 6.45) is 8.36. The Balaban J connectivity index is 2.37. The molecule has 1 nitrogen and oxygen atoms in total. The molecule has 1 heteroatoms. The summed E-state index contributed by atoms with van der Waals surface area (Å²) < 4.78 is 0. The van der Waals surface area contributed by atoms with Crippen LogP contribution < -0.4 is 5.32 Å². The van der Waals surface area contributed by atoms with E-state index in [1.807, 2.05) is 0 Å². The third-order valence-electron chi connectivity index (χ3n) is 4.11. The summed E-state index contributed by atoms with van der Waals surface area (Å²) in [6.45, 7) is 11.9. The molecule has 1 rings (SSSR count). The van der Waals surface area contributed by atoms with Crippen LogP contribution in [0.3, 0.4) is 0 Å². The highest BCUT2D eigenvalue weighted by molar-refractivity contribution is 4.93. The molecule has 0 bridgehead atoms. The van der Waals surface area contributed by atoms with Gasteiger partial charge >= 0.3 is 0 Å². The second-order valence-corrected chi connectivity index (χ2v) is 6.20. The smallest absolute Gasteiger partial charge is 0.000791 e. The van der Waals surface area contributed by atoms with Crippen LogP contribution in [0.4, 0.5) is 0 Å². The molecule has 0 heterocycles. The second kappa shape index (κ2) is 6.64. The van der Waals surface area contributed by atoms with Gasteiger partial charge in [0.25, 0.3) is 0 Å². The highest BCUT2D eigenvalue weighted by Gasteiger charge is 2.41. The first-order valence-corrected chi connectivity index (χ1v) is 7.33. The average Bonchev–Trinajstić information content (AvgIpc) is 3.01. The summed E-state index contributed by atoms with van der Waals surface area (Å²) in [5.74, 6) is 1.91. The Bertz CT molecular complexity index is 186. The van der Waals surface area contributed by atoms with Crippen LogP contribution in [0.2, 0.25) is 0 Å². The van der Waals surface area contributed by atoms with E-state index in [-0.39, 0.29) is 0 Å². The number of rotatable bonds is 9. The minimum absolute atomic E-state index is 0.573. The van der Waals surface area contributed by atoms with Crippen molar-refractivity contribution >= 4 is 0 Å². The minimum atomic E-state index is 0.573. The molecule has 2 unspecified atom stereocenters. The molecule has 0 saturated heterocycles. The monoisotopic (exact) mass is 225 g/mol. The Morgan fingerprint density at radius 3 is 2.44 bits per heavy atom. The summed E-state index contributed by atoms with van der Waals surface area (Å²) in [7, 11) is 0. The number of hydrogen-bond acceptors (Lipinski definition) is 1. The Hall–Kier alpha value is -0.0400. The summed E-state index contributed by atoms with van der Waals surface area (Å²) in [5.41, 5.74) is 0.573. The molecule has 16 heavy (non-hydrogen) atoms. The van der Waals surface area contributed by atoms with Crippen molar-refractivity contribution < 1.29 is 0 Å². The Morgan fingerprint density at radius 2 is 1.94 bits per heavy atom. The zero-order valence-electron chi connectivity index (χ0n) is 11.8. The van der Waals surface area contributed by atoms with E-state index in [2.05, 4.69) is 33.0 Å². The molecule has 0 amide bonds. The highest BCUT2D eigenvalue weighted by Crippen LogP contribution is 2.49. The molecule has 1 aliphatic carbocycles. The van der Waals surface area contributed by atoms with Crippen molar-refractivity contribution in [3.8, 4) is 0 Å². The van der Waals surface area contributed by atoms with Crippen LogP contribution in [0.25, 0.3) is 0 Å².